The second-order valence-corrected chi connectivity index (χ2v) is 4.70. The van der Waals surface area contributed by atoms with E-state index in [1.807, 2.05) is 13.1 Å². The summed E-state index contributed by atoms with van der Waals surface area (Å²) in [5.41, 5.74) is 0. The van der Waals surface area contributed by atoms with Crippen molar-refractivity contribution in [2.24, 2.45) is 4.99 Å². The van der Waals surface area contributed by atoms with Crippen LogP contribution < -0.4 is 5.32 Å². The molecule has 0 aliphatic heterocycles. The monoisotopic (exact) mass is 407 g/mol. The number of allylic oxidation sites excluding steroid dienone is 1. The van der Waals surface area contributed by atoms with E-state index in [-0.39, 0.29) is 24.0 Å². The quantitative estimate of drug-likeness (QED) is 0.236. The van der Waals surface area contributed by atoms with E-state index < -0.39 is 0 Å². The van der Waals surface area contributed by atoms with Gasteiger partial charge in [-0.15, -0.1) is 30.6 Å². The topological polar surface area (TPSA) is 66.5 Å². The molecule has 0 aliphatic carbocycles. The van der Waals surface area contributed by atoms with Gasteiger partial charge in [0.15, 0.2) is 11.8 Å². The fourth-order valence-corrected chi connectivity index (χ4v) is 1.87. The van der Waals surface area contributed by atoms with Crippen molar-refractivity contribution in [2.75, 3.05) is 20.6 Å². The summed E-state index contributed by atoms with van der Waals surface area (Å²) >= 11 is 0. The van der Waals surface area contributed by atoms with Gasteiger partial charge in [-0.2, -0.15) is 4.98 Å². The number of aromatic nitrogens is 2. The molecule has 1 N–H and O–H groups in total. The highest BCUT2D eigenvalue weighted by Crippen LogP contribution is 2.02. The molecule has 0 amide bonds. The van der Waals surface area contributed by atoms with Crippen LogP contribution in [0.3, 0.4) is 0 Å². The Morgan fingerprint density at radius 1 is 1.43 bits per heavy atom. The van der Waals surface area contributed by atoms with Crippen molar-refractivity contribution in [1.82, 2.24) is 20.4 Å². The van der Waals surface area contributed by atoms with Crippen molar-refractivity contribution in [3.8, 4) is 0 Å². The zero-order chi connectivity index (χ0) is 14.8. The third kappa shape index (κ3) is 8.03. The smallest absolute Gasteiger partial charge is 0.246 e. The molecule has 0 unspecified atom stereocenters. The van der Waals surface area contributed by atoms with Crippen molar-refractivity contribution in [2.45, 2.75) is 39.2 Å². The lowest BCUT2D eigenvalue weighted by Gasteiger charge is -2.21. The number of nitrogens with zero attached hydrogens (tertiary/aromatic N) is 4. The van der Waals surface area contributed by atoms with Gasteiger partial charge in [-0.1, -0.05) is 17.7 Å². The summed E-state index contributed by atoms with van der Waals surface area (Å²) in [4.78, 5) is 10.5. The first-order valence-corrected chi connectivity index (χ1v) is 6.99. The number of guanidine groups is 1. The summed E-state index contributed by atoms with van der Waals surface area (Å²) in [5, 5.41) is 6.97. The van der Waals surface area contributed by atoms with Crippen LogP contribution in [-0.4, -0.2) is 41.6 Å². The highest BCUT2D eigenvalue weighted by Gasteiger charge is 2.08. The van der Waals surface area contributed by atoms with Crippen molar-refractivity contribution in [3.63, 3.8) is 0 Å². The van der Waals surface area contributed by atoms with E-state index in [2.05, 4.69) is 31.9 Å². The molecule has 0 fully saturated rings. The van der Waals surface area contributed by atoms with Gasteiger partial charge in [0, 0.05) is 20.6 Å². The van der Waals surface area contributed by atoms with E-state index in [0.717, 1.165) is 25.3 Å². The van der Waals surface area contributed by atoms with E-state index in [1.165, 1.54) is 12.8 Å². The van der Waals surface area contributed by atoms with Gasteiger partial charge in [-0.3, -0.25) is 4.99 Å². The average Bonchev–Trinajstić information content (AvgIpc) is 2.85. The highest BCUT2D eigenvalue weighted by molar-refractivity contribution is 14.0. The van der Waals surface area contributed by atoms with Crippen LogP contribution in [0.25, 0.3) is 0 Å². The van der Waals surface area contributed by atoms with Crippen LogP contribution >= 0.6 is 24.0 Å². The predicted molar refractivity (Wildman–Crippen MR) is 95.9 cm³/mol. The molecule has 1 heterocycles. The molecule has 0 bridgehead atoms. The molecule has 0 aromatic carbocycles. The molecule has 1 aromatic heterocycles. The summed E-state index contributed by atoms with van der Waals surface area (Å²) in [5.74, 6) is 2.06. The number of aryl methyl sites for hydroxylation is 1. The maximum atomic E-state index is 5.06. The van der Waals surface area contributed by atoms with Crippen LogP contribution in [0.15, 0.2) is 22.2 Å². The van der Waals surface area contributed by atoms with Gasteiger partial charge in [0.25, 0.3) is 0 Å². The Bertz CT molecular complexity index is 433. The van der Waals surface area contributed by atoms with Crippen molar-refractivity contribution < 1.29 is 4.52 Å². The molecule has 0 radical (unpaired) electrons. The second kappa shape index (κ2) is 11.5. The first kappa shape index (κ1) is 19.9. The Morgan fingerprint density at radius 2 is 2.19 bits per heavy atom. The number of halogens is 1. The largest absolute Gasteiger partial charge is 0.347 e. The van der Waals surface area contributed by atoms with Crippen LogP contribution in [0.5, 0.6) is 0 Å². The van der Waals surface area contributed by atoms with E-state index in [4.69, 9.17) is 4.52 Å². The first-order chi connectivity index (χ1) is 9.67. The summed E-state index contributed by atoms with van der Waals surface area (Å²) < 4.78 is 5.06. The molecular weight excluding hydrogens is 381 g/mol. The highest BCUT2D eigenvalue weighted by atomic mass is 127. The number of rotatable bonds is 8. The van der Waals surface area contributed by atoms with E-state index in [1.54, 1.807) is 14.0 Å². The molecule has 1 rings (SSSR count). The first-order valence-electron chi connectivity index (χ1n) is 6.99. The number of unbranched alkanes of at least 4 members (excludes halogenated alkanes) is 3. The van der Waals surface area contributed by atoms with Gasteiger partial charge in [-0.25, -0.2) is 0 Å². The maximum absolute atomic E-state index is 5.06. The van der Waals surface area contributed by atoms with Crippen molar-refractivity contribution in [1.29, 1.82) is 0 Å². The summed E-state index contributed by atoms with van der Waals surface area (Å²) in [6, 6.07) is 0. The van der Waals surface area contributed by atoms with Crippen LogP contribution in [0, 0.1) is 6.92 Å². The van der Waals surface area contributed by atoms with E-state index in [9.17, 15) is 0 Å². The van der Waals surface area contributed by atoms with Gasteiger partial charge in [0.05, 0.1) is 6.54 Å². The minimum atomic E-state index is 0. The molecule has 0 saturated heterocycles. The van der Waals surface area contributed by atoms with Gasteiger partial charge in [-0.05, 0) is 26.2 Å². The van der Waals surface area contributed by atoms with Crippen LogP contribution in [0.4, 0.5) is 0 Å². The molecule has 0 atom stereocenters. The predicted octanol–water partition coefficient (Wildman–Crippen LogP) is 2.75. The summed E-state index contributed by atoms with van der Waals surface area (Å²) in [6.45, 7) is 7.00. The Kier molecular flexibility index (Phi) is 10.9. The third-order valence-corrected chi connectivity index (χ3v) is 2.94. The van der Waals surface area contributed by atoms with Crippen molar-refractivity contribution in [3.05, 3.63) is 24.4 Å². The Hall–Kier alpha value is -1.12. The molecule has 0 aliphatic rings. The van der Waals surface area contributed by atoms with Gasteiger partial charge in [0.1, 0.15) is 0 Å². The fraction of sp³-hybridized carbons (Fsp3) is 0.643. The molecule has 6 nitrogen and oxygen atoms in total. The van der Waals surface area contributed by atoms with E-state index >= 15 is 0 Å². The molecule has 21 heavy (non-hydrogen) atoms. The standard InChI is InChI=1S/C14H25N5O.HI/c1-5-6-7-8-9-10-19(4)14(15-3)16-11-13-17-12(2)18-20-13;/h5H,1,6-11H2,2-4H3,(H,15,16);1H. The van der Waals surface area contributed by atoms with E-state index in [0.29, 0.717) is 18.3 Å². The lowest BCUT2D eigenvalue weighted by Crippen LogP contribution is -2.39. The van der Waals surface area contributed by atoms with Gasteiger partial charge in [0.2, 0.25) is 5.89 Å². The molecule has 1 aromatic rings. The van der Waals surface area contributed by atoms with Crippen LogP contribution in [-0.2, 0) is 6.54 Å². The zero-order valence-electron chi connectivity index (χ0n) is 13.1. The zero-order valence-corrected chi connectivity index (χ0v) is 15.5. The lowest BCUT2D eigenvalue weighted by atomic mass is 10.2. The summed E-state index contributed by atoms with van der Waals surface area (Å²) in [6.07, 6.45) is 6.61. The molecular formula is C14H26IN5O. The molecule has 120 valence electrons. The van der Waals surface area contributed by atoms with Gasteiger partial charge >= 0.3 is 0 Å². The van der Waals surface area contributed by atoms with Crippen LogP contribution in [0.2, 0.25) is 0 Å². The number of nitrogens with one attached hydrogen (secondary N) is 1. The minimum Gasteiger partial charge on any atom is -0.347 e. The molecule has 0 spiro atoms. The number of hydrogen-bond acceptors (Lipinski definition) is 4. The lowest BCUT2D eigenvalue weighted by molar-refractivity contribution is 0.367. The SMILES string of the molecule is C=CCCCCCN(C)C(=NC)NCc1nc(C)no1.I. The fourth-order valence-electron chi connectivity index (χ4n) is 1.87. The average molecular weight is 407 g/mol. The summed E-state index contributed by atoms with van der Waals surface area (Å²) in [7, 11) is 3.80. The van der Waals surface area contributed by atoms with Crippen molar-refractivity contribution >= 4 is 29.9 Å². The second-order valence-electron chi connectivity index (χ2n) is 4.70. The number of aliphatic imine (C=N–C) groups is 1. The maximum Gasteiger partial charge on any atom is 0.246 e. The third-order valence-electron chi connectivity index (χ3n) is 2.94. The Balaban J connectivity index is 0.00000400. The van der Waals surface area contributed by atoms with Crippen LogP contribution in [0.1, 0.15) is 37.4 Å². The molecule has 0 saturated carbocycles. The normalized spacial score (nSPS) is 10.9. The Labute approximate surface area is 144 Å². The Morgan fingerprint density at radius 3 is 2.76 bits per heavy atom. The minimum absolute atomic E-state index is 0. The van der Waals surface area contributed by atoms with Gasteiger partial charge < -0.3 is 14.7 Å². The number of hydrogen-bond donors (Lipinski definition) is 1. The molecule has 7 heteroatoms.